The normalized spacial score (nSPS) is 15.4. The summed E-state index contributed by atoms with van der Waals surface area (Å²) in [5.41, 5.74) is -1.84. The van der Waals surface area contributed by atoms with Gasteiger partial charge in [0, 0.05) is 0 Å². The predicted molar refractivity (Wildman–Crippen MR) is 65.2 cm³/mol. The molecule has 0 aliphatic carbocycles. The summed E-state index contributed by atoms with van der Waals surface area (Å²) in [6.07, 6.45) is -1.25. The van der Waals surface area contributed by atoms with E-state index >= 15 is 0 Å². The first-order chi connectivity index (χ1) is 8.19. The Kier molecular flexibility index (Phi) is 6.04. The van der Waals surface area contributed by atoms with E-state index in [1.54, 1.807) is 0 Å². The summed E-state index contributed by atoms with van der Waals surface area (Å²) >= 11 is 0. The topological polar surface area (TPSA) is 144 Å². The Bertz CT molecular complexity index is 357. The molecule has 0 saturated heterocycles. The molecule has 1 unspecified atom stereocenters. The van der Waals surface area contributed by atoms with Crippen LogP contribution < -0.4 is 0 Å². The van der Waals surface area contributed by atoms with E-state index in [0.29, 0.717) is 6.29 Å². The van der Waals surface area contributed by atoms with Gasteiger partial charge < -0.3 is 0 Å². The number of nitroso groups, excluding NO2 is 1. The van der Waals surface area contributed by atoms with E-state index in [1.807, 2.05) is 0 Å². The van der Waals surface area contributed by atoms with Gasteiger partial charge in [0.15, 0.2) is 0 Å². The molecule has 0 fully saturated rings. The number of aliphatic hydroxyl groups excluding tert-OH is 1. The summed E-state index contributed by atoms with van der Waals surface area (Å²) in [6.45, 7) is 3.13. The number of rotatable bonds is 9. The second kappa shape index (κ2) is 6.53. The van der Waals surface area contributed by atoms with Gasteiger partial charge in [0.2, 0.25) is 0 Å². The van der Waals surface area contributed by atoms with Crippen molar-refractivity contribution < 1.29 is 29.6 Å². The Balaban J connectivity index is 5.30. The third kappa shape index (κ3) is 4.87. The van der Waals surface area contributed by atoms with Crippen LogP contribution in [0.25, 0.3) is 0 Å². The number of carbonyl (C=O) groups is 2. The van der Waals surface area contributed by atoms with Crippen molar-refractivity contribution >= 4 is 20.1 Å². The zero-order chi connectivity index (χ0) is 14.4. The van der Waals surface area contributed by atoms with Crippen LogP contribution in [-0.4, -0.2) is 38.4 Å². The minimum absolute atomic E-state index is 0.164. The van der Waals surface area contributed by atoms with E-state index in [1.165, 1.54) is 0 Å². The molecule has 0 saturated carbocycles. The molecular formula is C9H16NO7P. The molecule has 0 radical (unpaired) electrons. The summed E-state index contributed by atoms with van der Waals surface area (Å²) in [5.74, 6) is -1.94. The molecule has 1 atom stereocenters. The molecule has 0 aliphatic rings. The van der Waals surface area contributed by atoms with Crippen LogP contribution >= 0.6 is 7.87 Å². The fourth-order valence-electron chi connectivity index (χ4n) is 1.71. The summed E-state index contributed by atoms with van der Waals surface area (Å²) in [5, 5.41) is 18.2. The molecular weight excluding hydrogens is 265 g/mol. The van der Waals surface area contributed by atoms with Crippen LogP contribution in [0.1, 0.15) is 19.3 Å². The number of carbonyl (C=O) groups excluding carboxylic acids is 1. The Labute approximate surface area is 103 Å². The number of aldehydes is 1. The Morgan fingerprint density at radius 3 is 2.28 bits per heavy atom. The van der Waals surface area contributed by atoms with Gasteiger partial charge in [-0.3, -0.25) is 0 Å². The van der Waals surface area contributed by atoms with Crippen molar-refractivity contribution in [2.45, 2.75) is 19.3 Å². The third-order valence-electron chi connectivity index (χ3n) is 2.46. The van der Waals surface area contributed by atoms with E-state index in [4.69, 9.17) is 10.2 Å². The van der Waals surface area contributed by atoms with Crippen LogP contribution in [0.2, 0.25) is 0 Å². The molecule has 0 aromatic heterocycles. The number of hydrogen-bond acceptors (Lipinski definition) is 7. The van der Waals surface area contributed by atoms with Crippen molar-refractivity contribution in [3.8, 4) is 0 Å². The molecule has 0 heterocycles. The third-order valence-corrected chi connectivity index (χ3v) is 3.90. The number of carboxylic acids is 1. The maximum absolute atomic E-state index is 11.2. The fourth-order valence-corrected chi connectivity index (χ4v) is 3.14. The number of allylic oxidation sites excluding steroid dienone is 1. The van der Waals surface area contributed by atoms with Crippen LogP contribution in [0.15, 0.2) is 17.3 Å². The molecule has 0 amide bonds. The summed E-state index contributed by atoms with van der Waals surface area (Å²) in [4.78, 5) is 52.5. The minimum atomic E-state index is -4.57. The summed E-state index contributed by atoms with van der Waals surface area (Å²) < 4.78 is 0. The number of hydrogen-bond donors (Lipinski definition) is 4. The van der Waals surface area contributed by atoms with E-state index in [9.17, 15) is 24.3 Å². The van der Waals surface area contributed by atoms with Crippen molar-refractivity contribution in [3.05, 3.63) is 17.2 Å². The van der Waals surface area contributed by atoms with Gasteiger partial charge in [-0.15, -0.1) is 0 Å². The molecule has 0 bridgehead atoms. The molecule has 4 N–H and O–H groups in total. The van der Waals surface area contributed by atoms with E-state index in [0.717, 1.165) is 0 Å². The van der Waals surface area contributed by atoms with E-state index in [-0.39, 0.29) is 12.8 Å². The fraction of sp³-hybridized carbons (Fsp3) is 0.556. The number of aliphatic carboxylic acids is 1. The molecule has 8 nitrogen and oxygen atoms in total. The molecule has 0 rings (SSSR count). The zero-order valence-electron chi connectivity index (χ0n) is 9.57. The van der Waals surface area contributed by atoms with Gasteiger partial charge in [-0.2, -0.15) is 0 Å². The predicted octanol–water partition coefficient (Wildman–Crippen LogP) is 0.744. The van der Waals surface area contributed by atoms with Crippen LogP contribution in [-0.2, 0) is 9.59 Å². The Hall–Kier alpha value is -1.37. The number of nitrogens with zero attached hydrogens (tertiary/aromatic N) is 1. The first-order valence-electron chi connectivity index (χ1n) is 5.02. The van der Waals surface area contributed by atoms with Crippen LogP contribution in [0.5, 0.6) is 0 Å². The molecule has 0 aliphatic heterocycles. The maximum atomic E-state index is 11.2. The van der Waals surface area contributed by atoms with Gasteiger partial charge in [-0.25, -0.2) is 0 Å². The van der Waals surface area contributed by atoms with Crippen molar-refractivity contribution in [3.63, 3.8) is 0 Å². The first-order valence-corrected chi connectivity index (χ1v) is 7.07. The average molecular weight is 281 g/mol. The van der Waals surface area contributed by atoms with Crippen molar-refractivity contribution in [1.82, 2.24) is 0 Å². The molecule has 104 valence electrons. The van der Waals surface area contributed by atoms with Crippen LogP contribution in [0.3, 0.4) is 0 Å². The molecule has 0 spiro atoms. The summed E-state index contributed by atoms with van der Waals surface area (Å²) in [6, 6.07) is 0. The monoisotopic (exact) mass is 281 g/mol. The van der Waals surface area contributed by atoms with Crippen LogP contribution in [0, 0.1) is 10.3 Å². The van der Waals surface area contributed by atoms with Gasteiger partial charge in [0.05, 0.1) is 0 Å². The molecule has 0 aromatic rings. The average Bonchev–Trinajstić information content (AvgIpc) is 2.24. The Morgan fingerprint density at radius 1 is 1.39 bits per heavy atom. The van der Waals surface area contributed by atoms with E-state index < -0.39 is 37.6 Å². The van der Waals surface area contributed by atoms with Crippen molar-refractivity contribution in [1.29, 1.82) is 0 Å². The van der Waals surface area contributed by atoms with Gasteiger partial charge in [0.1, 0.15) is 0 Å². The number of carboxylic acid groups (broad SMARTS) is 1. The standard InChI is InChI=1S/C9H16NO7P/c1-7(12)5-9(8(13)14,3-2-4-11)6-18(16,17)10-15/h4,12,16-18H,1-3,5-6H2,(H,13,14). The van der Waals surface area contributed by atoms with Gasteiger partial charge >= 0.3 is 103 Å². The Morgan fingerprint density at radius 2 is 1.94 bits per heavy atom. The van der Waals surface area contributed by atoms with Crippen molar-refractivity contribution in [2.24, 2.45) is 10.4 Å². The zero-order valence-corrected chi connectivity index (χ0v) is 10.6. The first kappa shape index (κ1) is 16.6. The number of aliphatic hydroxyl groups is 1. The van der Waals surface area contributed by atoms with Gasteiger partial charge in [-0.1, -0.05) is 0 Å². The molecule has 0 aromatic carbocycles. The van der Waals surface area contributed by atoms with Crippen molar-refractivity contribution in [2.75, 3.05) is 6.16 Å². The second-order valence-corrected chi connectivity index (χ2v) is 6.16. The van der Waals surface area contributed by atoms with E-state index in [2.05, 4.69) is 11.5 Å². The van der Waals surface area contributed by atoms with Crippen LogP contribution in [0.4, 0.5) is 0 Å². The van der Waals surface area contributed by atoms with Gasteiger partial charge in [0.25, 0.3) is 0 Å². The van der Waals surface area contributed by atoms with Gasteiger partial charge in [-0.05, 0) is 0 Å². The quantitative estimate of drug-likeness (QED) is 0.211. The SMILES string of the molecule is C=C(O)CC(CCC=O)(C[PH](O)(O)N=O)C(=O)O. The molecule has 9 heteroatoms. The molecule has 18 heavy (non-hydrogen) atoms. The second-order valence-electron chi connectivity index (χ2n) is 4.08. The summed E-state index contributed by atoms with van der Waals surface area (Å²) in [7, 11) is -4.57.